The second kappa shape index (κ2) is 7.13. The number of hydrogen-bond acceptors (Lipinski definition) is 3. The smallest absolute Gasteiger partial charge is 0.211 e. The number of halogens is 3. The molecule has 0 aliphatic rings. The average molecular weight is 308 g/mol. The summed E-state index contributed by atoms with van der Waals surface area (Å²) in [6.07, 6.45) is 0.740. The summed E-state index contributed by atoms with van der Waals surface area (Å²) in [5, 5.41) is 3.24. The minimum Gasteiger partial charge on any atom is -0.211 e. The van der Waals surface area contributed by atoms with E-state index in [9.17, 15) is 21.6 Å². The maximum absolute atomic E-state index is 13.3. The van der Waals surface area contributed by atoms with E-state index in [1.54, 1.807) is 0 Å². The van der Waals surface area contributed by atoms with Crippen LogP contribution >= 0.6 is 0 Å². The second-order valence-electron chi connectivity index (χ2n) is 3.76. The van der Waals surface area contributed by atoms with E-state index in [-0.39, 0.29) is 13.1 Å². The second-order valence-corrected chi connectivity index (χ2v) is 5.46. The minimum atomic E-state index is -4.40. The van der Waals surface area contributed by atoms with Gasteiger partial charge >= 0.3 is 0 Å². The van der Waals surface area contributed by atoms with Gasteiger partial charge in [-0.25, -0.2) is 26.3 Å². The predicted molar refractivity (Wildman–Crippen MR) is 64.8 cm³/mol. The van der Waals surface area contributed by atoms with E-state index >= 15 is 0 Å². The Kier molecular flexibility index (Phi) is 5.81. The van der Waals surface area contributed by atoms with Crippen LogP contribution in [-0.4, -0.2) is 21.5 Å². The van der Waals surface area contributed by atoms with E-state index in [4.69, 9.17) is 5.53 Å². The van der Waals surface area contributed by atoms with Gasteiger partial charge in [0, 0.05) is 30.1 Å². The molecule has 0 bridgehead atoms. The molecule has 0 spiro atoms. The first-order valence-electron chi connectivity index (χ1n) is 5.53. The van der Waals surface area contributed by atoms with Crippen molar-refractivity contribution < 1.29 is 21.6 Å². The summed E-state index contributed by atoms with van der Waals surface area (Å²) in [7, 11) is -4.40. The van der Waals surface area contributed by atoms with Crippen molar-refractivity contribution in [2.24, 2.45) is 5.11 Å². The number of azide groups is 1. The highest BCUT2D eigenvalue weighted by atomic mass is 32.2. The molecule has 0 aromatic heterocycles. The normalized spacial score (nSPS) is 11.2. The van der Waals surface area contributed by atoms with Gasteiger partial charge in [0.15, 0.2) is 4.90 Å². The maximum atomic E-state index is 13.3. The van der Waals surface area contributed by atoms with Crippen LogP contribution in [-0.2, 0) is 10.0 Å². The van der Waals surface area contributed by atoms with Gasteiger partial charge in [0.05, 0.1) is 0 Å². The third kappa shape index (κ3) is 4.41. The fraction of sp³-hybridized carbons (Fsp3) is 0.400. The summed E-state index contributed by atoms with van der Waals surface area (Å²) < 4.78 is 64.7. The lowest BCUT2D eigenvalue weighted by atomic mass is 10.3. The number of unbranched alkanes of at least 4 members (excludes halogenated alkanes) is 1. The third-order valence-corrected chi connectivity index (χ3v) is 3.78. The molecule has 6 nitrogen and oxygen atoms in total. The quantitative estimate of drug-likeness (QED) is 0.362. The van der Waals surface area contributed by atoms with Gasteiger partial charge in [0.1, 0.15) is 17.5 Å². The molecule has 0 atom stereocenters. The van der Waals surface area contributed by atoms with Crippen LogP contribution in [0.1, 0.15) is 12.8 Å². The summed E-state index contributed by atoms with van der Waals surface area (Å²) >= 11 is 0. The molecule has 0 radical (unpaired) electrons. The molecule has 0 amide bonds. The van der Waals surface area contributed by atoms with E-state index in [0.29, 0.717) is 25.0 Å². The zero-order valence-electron chi connectivity index (χ0n) is 10.2. The van der Waals surface area contributed by atoms with Gasteiger partial charge in [0.2, 0.25) is 10.0 Å². The van der Waals surface area contributed by atoms with Crippen LogP contribution in [0.2, 0.25) is 0 Å². The number of hydrogen-bond donors (Lipinski definition) is 1. The Morgan fingerprint density at radius 3 is 2.35 bits per heavy atom. The highest BCUT2D eigenvalue weighted by Gasteiger charge is 2.24. The summed E-state index contributed by atoms with van der Waals surface area (Å²) in [4.78, 5) is 1.30. The van der Waals surface area contributed by atoms with Crippen LogP contribution in [0.15, 0.2) is 22.1 Å². The SMILES string of the molecule is [N-]=[N+]=NCCCCNS(=O)(=O)c1c(F)cc(F)cc1F. The fourth-order valence-electron chi connectivity index (χ4n) is 1.42. The molecule has 1 rings (SSSR count). The fourth-order valence-corrected chi connectivity index (χ4v) is 2.61. The monoisotopic (exact) mass is 308 g/mol. The molecule has 1 aromatic carbocycles. The van der Waals surface area contributed by atoms with Crippen LogP contribution in [0.3, 0.4) is 0 Å². The summed E-state index contributed by atoms with van der Waals surface area (Å²) in [6.45, 7) is 0.108. The highest BCUT2D eigenvalue weighted by molar-refractivity contribution is 7.89. The van der Waals surface area contributed by atoms with Crippen LogP contribution in [0.25, 0.3) is 10.4 Å². The molecule has 1 N–H and O–H groups in total. The van der Waals surface area contributed by atoms with Crippen molar-refractivity contribution in [1.29, 1.82) is 0 Å². The minimum absolute atomic E-state index is 0.0838. The van der Waals surface area contributed by atoms with Crippen molar-refractivity contribution >= 4 is 10.0 Å². The van der Waals surface area contributed by atoms with Gasteiger partial charge < -0.3 is 0 Å². The van der Waals surface area contributed by atoms with Crippen molar-refractivity contribution in [3.05, 3.63) is 40.0 Å². The van der Waals surface area contributed by atoms with Crippen molar-refractivity contribution in [1.82, 2.24) is 4.72 Å². The summed E-state index contributed by atoms with van der Waals surface area (Å²) in [5.41, 5.74) is 8.02. The van der Waals surface area contributed by atoms with Gasteiger partial charge in [-0.15, -0.1) is 0 Å². The zero-order valence-corrected chi connectivity index (χ0v) is 11.0. The average Bonchev–Trinajstić information content (AvgIpc) is 2.31. The largest absolute Gasteiger partial charge is 0.246 e. The lowest BCUT2D eigenvalue weighted by Gasteiger charge is -2.08. The zero-order chi connectivity index (χ0) is 15.2. The van der Waals surface area contributed by atoms with E-state index in [1.165, 1.54) is 0 Å². The molecule has 0 aliphatic carbocycles. The molecule has 20 heavy (non-hydrogen) atoms. The van der Waals surface area contributed by atoms with E-state index in [2.05, 4.69) is 10.0 Å². The molecule has 1 aromatic rings. The molecule has 0 heterocycles. The van der Waals surface area contributed by atoms with E-state index in [1.807, 2.05) is 4.72 Å². The maximum Gasteiger partial charge on any atom is 0.246 e. The number of sulfonamides is 1. The Bertz CT molecular complexity index is 606. The number of nitrogens with one attached hydrogen (secondary N) is 1. The third-order valence-electron chi connectivity index (χ3n) is 2.27. The van der Waals surface area contributed by atoms with Crippen molar-refractivity contribution in [2.45, 2.75) is 17.7 Å². The molecule has 0 aliphatic heterocycles. The number of nitrogens with zero attached hydrogens (tertiary/aromatic N) is 3. The van der Waals surface area contributed by atoms with Crippen LogP contribution < -0.4 is 4.72 Å². The first kappa shape index (κ1) is 16.3. The van der Waals surface area contributed by atoms with Crippen LogP contribution in [0.4, 0.5) is 13.2 Å². The summed E-state index contributed by atoms with van der Waals surface area (Å²) in [5.74, 6) is -4.19. The number of benzene rings is 1. The van der Waals surface area contributed by atoms with E-state index in [0.717, 1.165) is 0 Å². The van der Waals surface area contributed by atoms with Gasteiger partial charge in [-0.1, -0.05) is 5.11 Å². The molecule has 110 valence electrons. The standard InChI is InChI=1S/C10H11F3N4O2S/c11-7-5-8(12)10(9(13)6-7)20(18,19)16-4-2-1-3-15-17-14/h5-6,16H,1-4H2. The van der Waals surface area contributed by atoms with Gasteiger partial charge in [-0.2, -0.15) is 0 Å². The Balaban J connectivity index is 2.72. The lowest BCUT2D eigenvalue weighted by molar-refractivity contribution is 0.493. The van der Waals surface area contributed by atoms with Crippen molar-refractivity contribution in [3.8, 4) is 0 Å². The topological polar surface area (TPSA) is 94.9 Å². The van der Waals surface area contributed by atoms with Crippen molar-refractivity contribution in [2.75, 3.05) is 13.1 Å². The molecule has 10 heteroatoms. The van der Waals surface area contributed by atoms with Gasteiger partial charge in [-0.05, 0) is 18.4 Å². The molecule has 0 saturated carbocycles. The Morgan fingerprint density at radius 2 is 1.80 bits per heavy atom. The molecule has 0 unspecified atom stereocenters. The molecular formula is C10H11F3N4O2S. The Morgan fingerprint density at radius 1 is 1.20 bits per heavy atom. The van der Waals surface area contributed by atoms with Crippen LogP contribution in [0, 0.1) is 17.5 Å². The predicted octanol–water partition coefficient (Wildman–Crippen LogP) is 2.47. The first-order chi connectivity index (χ1) is 9.38. The van der Waals surface area contributed by atoms with Crippen LogP contribution in [0.5, 0.6) is 0 Å². The lowest BCUT2D eigenvalue weighted by Crippen LogP contribution is -2.27. The molecule has 0 saturated heterocycles. The molecule has 0 fully saturated rings. The van der Waals surface area contributed by atoms with E-state index < -0.39 is 32.4 Å². The van der Waals surface area contributed by atoms with Gasteiger partial charge in [-0.3, -0.25) is 0 Å². The van der Waals surface area contributed by atoms with Crippen molar-refractivity contribution in [3.63, 3.8) is 0 Å². The highest BCUT2D eigenvalue weighted by Crippen LogP contribution is 2.19. The summed E-state index contributed by atoms with van der Waals surface area (Å²) in [6, 6.07) is 0.582. The number of rotatable bonds is 7. The Labute approximate surface area is 113 Å². The molecular weight excluding hydrogens is 297 g/mol. The van der Waals surface area contributed by atoms with Gasteiger partial charge in [0.25, 0.3) is 0 Å². The Hall–Kier alpha value is -1.77. The first-order valence-corrected chi connectivity index (χ1v) is 7.02.